The van der Waals surface area contributed by atoms with Crippen molar-refractivity contribution in [2.45, 2.75) is 0 Å². The van der Waals surface area contributed by atoms with E-state index in [2.05, 4.69) is 205 Å². The van der Waals surface area contributed by atoms with E-state index in [0.717, 1.165) is 78.4 Å². The first-order valence-electron chi connectivity index (χ1n) is 20.2. The third kappa shape index (κ3) is 7.53. The third-order valence-corrected chi connectivity index (χ3v) is 10.9. The van der Waals surface area contributed by atoms with Crippen LogP contribution in [0.1, 0.15) is 0 Å². The Labute approximate surface area is 350 Å². The summed E-state index contributed by atoms with van der Waals surface area (Å²) in [5.74, 6) is 1.44. The summed E-state index contributed by atoms with van der Waals surface area (Å²) < 4.78 is 2.12. The highest BCUT2D eigenvalue weighted by molar-refractivity contribution is 5.75. The zero-order valence-corrected chi connectivity index (χ0v) is 32.8. The standard InChI is InChI=1S/C56H39N4/c1-5-13-40(14-6-1)44-21-23-48(24-22-44)52-37-58-55(51-35-29-47(30-36-51)43-19-11-4-12-20-43)60(39-52)56-54(50-33-27-46(28-34-50)42-17-9-3-10-18-42)57-38-53(59-56)49-31-25-45(26-32-49)41-15-7-2-8-16-41/h1-39H/q+1. The lowest BCUT2D eigenvalue weighted by Crippen LogP contribution is -2.37. The summed E-state index contributed by atoms with van der Waals surface area (Å²) in [6.45, 7) is 0. The Morgan fingerprint density at radius 3 is 1.02 bits per heavy atom. The second kappa shape index (κ2) is 16.4. The molecular formula is C56H39N4+. The first kappa shape index (κ1) is 36.3. The molecule has 10 rings (SSSR count). The van der Waals surface area contributed by atoms with Crippen molar-refractivity contribution in [2.75, 3.05) is 0 Å². The van der Waals surface area contributed by atoms with Crippen LogP contribution in [0, 0.1) is 0 Å². The van der Waals surface area contributed by atoms with Crippen LogP contribution in [-0.2, 0) is 0 Å². The molecule has 0 aliphatic heterocycles. The minimum absolute atomic E-state index is 0.685. The molecule has 8 aromatic carbocycles. The van der Waals surface area contributed by atoms with Crippen molar-refractivity contribution >= 4 is 0 Å². The lowest BCUT2D eigenvalue weighted by Gasteiger charge is -2.13. The topological polar surface area (TPSA) is 42.5 Å². The number of benzene rings is 8. The molecule has 0 atom stereocenters. The van der Waals surface area contributed by atoms with E-state index >= 15 is 0 Å². The van der Waals surface area contributed by atoms with Gasteiger partial charge in [0, 0.05) is 16.7 Å². The van der Waals surface area contributed by atoms with Gasteiger partial charge in [-0.1, -0.05) is 211 Å². The zero-order chi connectivity index (χ0) is 40.1. The molecule has 2 aromatic heterocycles. The molecule has 0 aliphatic rings. The molecule has 4 heteroatoms. The molecule has 4 nitrogen and oxygen atoms in total. The predicted octanol–water partition coefficient (Wildman–Crippen LogP) is 13.5. The summed E-state index contributed by atoms with van der Waals surface area (Å²) >= 11 is 0. The first-order valence-corrected chi connectivity index (χ1v) is 20.2. The van der Waals surface area contributed by atoms with Gasteiger partial charge in [0.2, 0.25) is 0 Å². The maximum Gasteiger partial charge on any atom is 0.294 e. The molecular weight excluding hydrogens is 729 g/mol. The molecule has 0 fully saturated rings. The minimum atomic E-state index is 0.685. The minimum Gasteiger partial charge on any atom is -0.245 e. The molecule has 282 valence electrons. The highest BCUT2D eigenvalue weighted by Gasteiger charge is 2.25. The normalized spacial score (nSPS) is 11.0. The highest BCUT2D eigenvalue weighted by Crippen LogP contribution is 2.32. The van der Waals surface area contributed by atoms with Crippen LogP contribution in [-0.4, -0.2) is 15.0 Å². The average Bonchev–Trinajstić information content (AvgIpc) is 3.35. The molecule has 0 radical (unpaired) electrons. The Morgan fingerprint density at radius 1 is 0.267 bits per heavy atom. The molecule has 0 aliphatic carbocycles. The molecule has 0 saturated heterocycles. The van der Waals surface area contributed by atoms with Gasteiger partial charge in [0.15, 0.2) is 5.69 Å². The van der Waals surface area contributed by atoms with Crippen molar-refractivity contribution in [3.63, 3.8) is 0 Å². The van der Waals surface area contributed by atoms with E-state index in [4.69, 9.17) is 15.0 Å². The van der Waals surface area contributed by atoms with Gasteiger partial charge in [0.1, 0.15) is 11.9 Å². The van der Waals surface area contributed by atoms with Gasteiger partial charge in [-0.2, -0.15) is 4.57 Å². The van der Waals surface area contributed by atoms with Crippen LogP contribution in [0.3, 0.4) is 0 Å². The third-order valence-electron chi connectivity index (χ3n) is 10.9. The maximum absolute atomic E-state index is 5.47. The molecule has 0 saturated carbocycles. The van der Waals surface area contributed by atoms with Crippen molar-refractivity contribution in [2.24, 2.45) is 0 Å². The van der Waals surface area contributed by atoms with Crippen LogP contribution in [0.4, 0.5) is 0 Å². The largest absolute Gasteiger partial charge is 0.294 e. The van der Waals surface area contributed by atoms with Gasteiger partial charge in [-0.3, -0.25) is 0 Å². The van der Waals surface area contributed by atoms with Crippen LogP contribution < -0.4 is 4.57 Å². The van der Waals surface area contributed by atoms with E-state index < -0.39 is 0 Å². The van der Waals surface area contributed by atoms with E-state index in [1.165, 1.54) is 11.1 Å². The lowest BCUT2D eigenvalue weighted by molar-refractivity contribution is -0.589. The van der Waals surface area contributed by atoms with Crippen molar-refractivity contribution < 1.29 is 4.57 Å². The van der Waals surface area contributed by atoms with E-state index in [0.29, 0.717) is 5.82 Å². The SMILES string of the molecule is c1ccc(-c2ccc(-c3cnc(-c4ccc(-c5ccccc5)cc4)[n+](-c4nc(-c5ccc(-c6ccccc6)cc5)cnc4-c4ccc(-c5ccccc5)cc4)c3)cc2)cc1. The fourth-order valence-corrected chi connectivity index (χ4v) is 7.68. The van der Waals surface area contributed by atoms with Gasteiger partial charge in [0.05, 0.1) is 18.0 Å². The van der Waals surface area contributed by atoms with Crippen molar-refractivity contribution in [1.29, 1.82) is 0 Å². The van der Waals surface area contributed by atoms with Crippen molar-refractivity contribution in [3.05, 3.63) is 237 Å². The Hall–Kier alpha value is -8.08. The molecule has 0 bridgehead atoms. The molecule has 0 spiro atoms. The van der Waals surface area contributed by atoms with Gasteiger partial charge < -0.3 is 0 Å². The fraction of sp³-hybridized carbons (Fsp3) is 0. The summed E-state index contributed by atoms with van der Waals surface area (Å²) in [5, 5.41) is 0. The quantitative estimate of drug-likeness (QED) is 0.137. The van der Waals surface area contributed by atoms with Crippen molar-refractivity contribution in [3.8, 4) is 95.4 Å². The predicted molar refractivity (Wildman–Crippen MR) is 245 cm³/mol. The second-order valence-electron chi connectivity index (χ2n) is 14.7. The zero-order valence-electron chi connectivity index (χ0n) is 32.8. The number of hydrogen-bond donors (Lipinski definition) is 0. The summed E-state index contributed by atoms with van der Waals surface area (Å²) in [4.78, 5) is 15.9. The Bertz CT molecular complexity index is 2790. The van der Waals surface area contributed by atoms with Gasteiger partial charge in [-0.25, -0.2) is 4.98 Å². The molecule has 0 amide bonds. The Kier molecular flexibility index (Phi) is 9.92. The van der Waals surface area contributed by atoms with Crippen LogP contribution in [0.2, 0.25) is 0 Å². The smallest absolute Gasteiger partial charge is 0.245 e. The summed E-state index contributed by atoms with van der Waals surface area (Å²) in [7, 11) is 0. The summed E-state index contributed by atoms with van der Waals surface area (Å²) in [6.07, 6.45) is 6.00. The van der Waals surface area contributed by atoms with E-state index in [1.807, 2.05) is 36.7 Å². The summed E-state index contributed by atoms with van der Waals surface area (Å²) in [6, 6.07) is 76.2. The van der Waals surface area contributed by atoms with Crippen LogP contribution in [0.5, 0.6) is 0 Å². The molecule has 0 unspecified atom stereocenters. The second-order valence-corrected chi connectivity index (χ2v) is 14.7. The summed E-state index contributed by atoms with van der Waals surface area (Å²) in [5.41, 5.74) is 15.7. The number of rotatable bonds is 9. The van der Waals surface area contributed by atoms with Gasteiger partial charge >= 0.3 is 0 Å². The maximum atomic E-state index is 5.47. The van der Waals surface area contributed by atoms with Gasteiger partial charge in [0.25, 0.3) is 11.6 Å². The van der Waals surface area contributed by atoms with Crippen LogP contribution >= 0.6 is 0 Å². The van der Waals surface area contributed by atoms with E-state index in [-0.39, 0.29) is 0 Å². The van der Waals surface area contributed by atoms with Gasteiger partial charge in [-0.05, 0) is 62.2 Å². The number of nitrogens with zero attached hydrogens (tertiary/aromatic N) is 4. The van der Waals surface area contributed by atoms with Crippen molar-refractivity contribution in [1.82, 2.24) is 15.0 Å². The van der Waals surface area contributed by atoms with E-state index in [1.54, 1.807) is 0 Å². The number of hydrogen-bond acceptors (Lipinski definition) is 3. The van der Waals surface area contributed by atoms with Gasteiger partial charge in [-0.15, -0.1) is 4.98 Å². The highest BCUT2D eigenvalue weighted by atomic mass is 15.1. The number of aromatic nitrogens is 4. The average molecular weight is 768 g/mol. The van der Waals surface area contributed by atoms with E-state index in [9.17, 15) is 0 Å². The Balaban J connectivity index is 1.14. The monoisotopic (exact) mass is 767 g/mol. The fourth-order valence-electron chi connectivity index (χ4n) is 7.68. The molecule has 0 N–H and O–H groups in total. The first-order chi connectivity index (χ1) is 29.7. The van der Waals surface area contributed by atoms with Crippen LogP contribution in [0.25, 0.3) is 95.4 Å². The lowest BCUT2D eigenvalue weighted by atomic mass is 10.0. The molecule has 10 aromatic rings. The molecule has 2 heterocycles. The molecule has 60 heavy (non-hydrogen) atoms. The van der Waals surface area contributed by atoms with Crippen LogP contribution in [0.15, 0.2) is 237 Å². The Morgan fingerprint density at radius 2 is 0.600 bits per heavy atom.